The number of carbonyl (C=O) groups is 2. The summed E-state index contributed by atoms with van der Waals surface area (Å²) in [5.74, 6) is -0.428. The van der Waals surface area contributed by atoms with E-state index in [2.05, 4.69) is 5.32 Å². The molecule has 0 saturated carbocycles. The lowest BCUT2D eigenvalue weighted by Gasteiger charge is -2.16. The number of hydrogen-bond donors (Lipinski definition) is 2. The molecule has 0 aliphatic heterocycles. The van der Waals surface area contributed by atoms with Crippen LogP contribution in [-0.4, -0.2) is 35.0 Å². The van der Waals surface area contributed by atoms with Gasteiger partial charge in [0.25, 0.3) is 0 Å². The summed E-state index contributed by atoms with van der Waals surface area (Å²) in [4.78, 5) is 22.6. The molecule has 1 aliphatic rings. The summed E-state index contributed by atoms with van der Waals surface area (Å²) in [7, 11) is 0. The smallest absolute Gasteiger partial charge is 0.326 e. The van der Waals surface area contributed by atoms with Gasteiger partial charge in [0.05, 0.1) is 0 Å². The maximum atomic E-state index is 11.7. The van der Waals surface area contributed by atoms with Gasteiger partial charge in [0, 0.05) is 5.92 Å². The molecule has 0 heterocycles. The van der Waals surface area contributed by atoms with Crippen LogP contribution in [0.3, 0.4) is 0 Å². The molecule has 0 radical (unpaired) electrons. The standard InChI is InChI=1S/C11H17NO3S/c1-16-7-6-9(11(14)15)12-10(13)8-4-2-3-5-8/h2-3,8-9H,4-7H2,1H3,(H,12,13)(H,14,15). The Labute approximate surface area is 99.5 Å². The maximum Gasteiger partial charge on any atom is 0.326 e. The van der Waals surface area contributed by atoms with E-state index in [1.807, 2.05) is 18.4 Å². The van der Waals surface area contributed by atoms with Crippen LogP contribution in [0.15, 0.2) is 12.2 Å². The van der Waals surface area contributed by atoms with Gasteiger partial charge in [-0.05, 0) is 31.3 Å². The van der Waals surface area contributed by atoms with Gasteiger partial charge in [-0.25, -0.2) is 4.79 Å². The predicted molar refractivity (Wildman–Crippen MR) is 64.4 cm³/mol. The first-order chi connectivity index (χ1) is 7.65. The molecule has 4 nitrogen and oxygen atoms in total. The SMILES string of the molecule is CSCCC(NC(=O)C1CC=CC1)C(=O)O. The van der Waals surface area contributed by atoms with Gasteiger partial charge in [-0.15, -0.1) is 0 Å². The molecule has 0 saturated heterocycles. The van der Waals surface area contributed by atoms with Crippen molar-refractivity contribution in [2.24, 2.45) is 5.92 Å². The number of carbonyl (C=O) groups excluding carboxylic acids is 1. The number of rotatable bonds is 6. The van der Waals surface area contributed by atoms with Crippen LogP contribution in [0.2, 0.25) is 0 Å². The summed E-state index contributed by atoms with van der Waals surface area (Å²) in [6.07, 6.45) is 7.76. The van der Waals surface area contributed by atoms with Crippen molar-refractivity contribution < 1.29 is 14.7 Å². The van der Waals surface area contributed by atoms with Gasteiger partial charge in [-0.3, -0.25) is 4.79 Å². The van der Waals surface area contributed by atoms with E-state index >= 15 is 0 Å². The zero-order valence-electron chi connectivity index (χ0n) is 9.31. The van der Waals surface area contributed by atoms with E-state index in [-0.39, 0.29) is 11.8 Å². The van der Waals surface area contributed by atoms with E-state index in [1.54, 1.807) is 11.8 Å². The van der Waals surface area contributed by atoms with Gasteiger partial charge >= 0.3 is 5.97 Å². The topological polar surface area (TPSA) is 66.4 Å². The normalized spacial score (nSPS) is 17.3. The maximum absolute atomic E-state index is 11.7. The van der Waals surface area contributed by atoms with Crippen LogP contribution < -0.4 is 5.32 Å². The number of nitrogens with one attached hydrogen (secondary N) is 1. The van der Waals surface area contributed by atoms with E-state index in [9.17, 15) is 9.59 Å². The second-order valence-electron chi connectivity index (χ2n) is 3.82. The number of thioether (sulfide) groups is 1. The van der Waals surface area contributed by atoms with Crippen molar-refractivity contribution in [3.63, 3.8) is 0 Å². The number of amides is 1. The van der Waals surface area contributed by atoms with E-state index in [0.29, 0.717) is 6.42 Å². The molecule has 5 heteroatoms. The lowest BCUT2D eigenvalue weighted by molar-refractivity contribution is -0.142. The molecule has 0 bridgehead atoms. The van der Waals surface area contributed by atoms with Gasteiger partial charge in [0.2, 0.25) is 5.91 Å². The first-order valence-corrected chi connectivity index (χ1v) is 6.71. The van der Waals surface area contributed by atoms with E-state index in [4.69, 9.17) is 5.11 Å². The molecule has 90 valence electrons. The van der Waals surface area contributed by atoms with Crippen molar-refractivity contribution in [1.82, 2.24) is 5.32 Å². The van der Waals surface area contributed by atoms with E-state index in [0.717, 1.165) is 18.6 Å². The van der Waals surface area contributed by atoms with Crippen LogP contribution in [0, 0.1) is 5.92 Å². The Morgan fingerprint density at radius 1 is 1.50 bits per heavy atom. The Kier molecular flexibility index (Phi) is 5.38. The van der Waals surface area contributed by atoms with Gasteiger partial charge in [-0.1, -0.05) is 12.2 Å². The Balaban J connectivity index is 2.41. The number of carboxylic acids is 1. The summed E-state index contributed by atoms with van der Waals surface area (Å²) in [5, 5.41) is 11.6. The molecule has 0 fully saturated rings. The fraction of sp³-hybridized carbons (Fsp3) is 0.636. The Morgan fingerprint density at radius 3 is 2.62 bits per heavy atom. The molecule has 1 amide bonds. The fourth-order valence-electron chi connectivity index (χ4n) is 1.61. The van der Waals surface area contributed by atoms with Crippen molar-refractivity contribution in [2.45, 2.75) is 25.3 Å². The van der Waals surface area contributed by atoms with Gasteiger partial charge in [0.15, 0.2) is 0 Å². The monoisotopic (exact) mass is 243 g/mol. The molecule has 0 spiro atoms. The van der Waals surface area contributed by atoms with Crippen molar-refractivity contribution in [3.05, 3.63) is 12.2 Å². The Hall–Kier alpha value is -0.970. The second kappa shape index (κ2) is 6.58. The molecular weight excluding hydrogens is 226 g/mol. The van der Waals surface area contributed by atoms with Crippen molar-refractivity contribution in [1.29, 1.82) is 0 Å². The zero-order chi connectivity index (χ0) is 12.0. The van der Waals surface area contributed by atoms with Crippen LogP contribution in [0.1, 0.15) is 19.3 Å². The largest absolute Gasteiger partial charge is 0.480 e. The minimum atomic E-state index is -0.951. The fourth-order valence-corrected chi connectivity index (χ4v) is 2.09. The second-order valence-corrected chi connectivity index (χ2v) is 4.81. The molecule has 0 aromatic rings. The molecule has 16 heavy (non-hydrogen) atoms. The van der Waals surface area contributed by atoms with Crippen LogP contribution >= 0.6 is 11.8 Å². The minimum Gasteiger partial charge on any atom is -0.480 e. The number of hydrogen-bond acceptors (Lipinski definition) is 3. The third-order valence-corrected chi connectivity index (χ3v) is 3.25. The predicted octanol–water partition coefficient (Wildman–Crippen LogP) is 1.28. The zero-order valence-corrected chi connectivity index (χ0v) is 10.1. The highest BCUT2D eigenvalue weighted by Crippen LogP contribution is 2.18. The highest BCUT2D eigenvalue weighted by atomic mass is 32.2. The Morgan fingerprint density at radius 2 is 2.12 bits per heavy atom. The summed E-state index contributed by atoms with van der Waals surface area (Å²) >= 11 is 1.58. The first kappa shape index (κ1) is 13.1. The summed E-state index contributed by atoms with van der Waals surface area (Å²) in [6, 6.07) is -0.749. The third-order valence-electron chi connectivity index (χ3n) is 2.60. The van der Waals surface area contributed by atoms with E-state index in [1.165, 1.54) is 0 Å². The van der Waals surface area contributed by atoms with Gasteiger partial charge in [-0.2, -0.15) is 11.8 Å². The lowest BCUT2D eigenvalue weighted by atomic mass is 10.1. The van der Waals surface area contributed by atoms with Crippen molar-refractivity contribution >= 4 is 23.6 Å². The average Bonchev–Trinajstić information content (AvgIpc) is 2.76. The molecule has 1 rings (SSSR count). The van der Waals surface area contributed by atoms with Crippen molar-refractivity contribution in [3.8, 4) is 0 Å². The highest BCUT2D eigenvalue weighted by Gasteiger charge is 2.25. The molecule has 0 aromatic heterocycles. The van der Waals surface area contributed by atoms with Crippen LogP contribution in [0.5, 0.6) is 0 Å². The van der Waals surface area contributed by atoms with Crippen LogP contribution in [0.25, 0.3) is 0 Å². The average molecular weight is 243 g/mol. The quantitative estimate of drug-likeness (QED) is 0.690. The highest BCUT2D eigenvalue weighted by molar-refractivity contribution is 7.98. The summed E-state index contributed by atoms with van der Waals surface area (Å²) < 4.78 is 0. The molecule has 0 aromatic carbocycles. The molecule has 2 N–H and O–H groups in total. The Bertz CT molecular complexity index is 283. The van der Waals surface area contributed by atoms with Crippen LogP contribution in [-0.2, 0) is 9.59 Å². The number of carboxylic acid groups (broad SMARTS) is 1. The minimum absolute atomic E-state index is 0.0730. The summed E-state index contributed by atoms with van der Waals surface area (Å²) in [5.41, 5.74) is 0. The van der Waals surface area contributed by atoms with Crippen molar-refractivity contribution in [2.75, 3.05) is 12.0 Å². The number of aliphatic carboxylic acids is 1. The van der Waals surface area contributed by atoms with Gasteiger partial charge < -0.3 is 10.4 Å². The first-order valence-electron chi connectivity index (χ1n) is 5.32. The molecule has 1 aliphatic carbocycles. The molecule has 1 unspecified atom stereocenters. The lowest BCUT2D eigenvalue weighted by Crippen LogP contribution is -2.43. The third kappa shape index (κ3) is 3.89. The molecular formula is C11H17NO3S. The van der Waals surface area contributed by atoms with Crippen LogP contribution in [0.4, 0.5) is 0 Å². The van der Waals surface area contributed by atoms with E-state index < -0.39 is 12.0 Å². The molecule has 1 atom stereocenters. The van der Waals surface area contributed by atoms with Gasteiger partial charge in [0.1, 0.15) is 6.04 Å². The summed E-state index contributed by atoms with van der Waals surface area (Å²) in [6.45, 7) is 0. The number of allylic oxidation sites excluding steroid dienone is 2.